The molecule has 0 saturated heterocycles. The van der Waals surface area contributed by atoms with Gasteiger partial charge in [-0.3, -0.25) is 0 Å². The topological polar surface area (TPSA) is 26.0 Å². The van der Waals surface area contributed by atoms with Crippen LogP contribution in [0.3, 0.4) is 0 Å². The Labute approximate surface area is 105 Å². The highest BCUT2D eigenvalue weighted by atomic mass is 35.5. The average Bonchev–Trinajstić information content (AvgIpc) is 2.26. The van der Waals surface area contributed by atoms with Crippen LogP contribution in [0.15, 0.2) is 24.3 Å². The summed E-state index contributed by atoms with van der Waals surface area (Å²) in [7, 11) is 0. The first kappa shape index (κ1) is 12.8. The summed E-state index contributed by atoms with van der Waals surface area (Å²) in [6.45, 7) is 0. The number of nitrogens with two attached hydrogens (primary N) is 1. The Morgan fingerprint density at radius 3 is 2.82 bits per heavy atom. The van der Waals surface area contributed by atoms with Gasteiger partial charge in [-0.15, -0.1) is 0 Å². The van der Waals surface area contributed by atoms with Crippen LogP contribution in [0.2, 0.25) is 5.02 Å². The van der Waals surface area contributed by atoms with E-state index in [0.29, 0.717) is 11.4 Å². The maximum absolute atomic E-state index is 13.3. The predicted molar refractivity (Wildman–Crippen MR) is 65.3 cm³/mol. The monoisotopic (exact) mass is 259 g/mol. The Morgan fingerprint density at radius 2 is 2.18 bits per heavy atom. The smallest absolute Gasteiger partial charge is 0.248 e. The Morgan fingerprint density at radius 1 is 1.41 bits per heavy atom. The molecule has 0 aliphatic heterocycles. The SMILES string of the molecule is NC(c1cccc(Cl)c1)C1CCCC(F)(F)C1. The fraction of sp³-hybridized carbons (Fsp3) is 0.538. The fourth-order valence-electron chi connectivity index (χ4n) is 2.50. The van der Waals surface area contributed by atoms with Crippen LogP contribution >= 0.6 is 11.6 Å². The number of halogens is 3. The second-order valence-corrected chi connectivity index (χ2v) is 5.23. The van der Waals surface area contributed by atoms with Gasteiger partial charge < -0.3 is 5.73 Å². The highest BCUT2D eigenvalue weighted by Crippen LogP contribution is 2.41. The van der Waals surface area contributed by atoms with Gasteiger partial charge in [-0.25, -0.2) is 8.78 Å². The highest BCUT2D eigenvalue weighted by Gasteiger charge is 2.38. The van der Waals surface area contributed by atoms with Gasteiger partial charge in [0.2, 0.25) is 5.92 Å². The molecular weight excluding hydrogens is 244 g/mol. The molecule has 1 aliphatic rings. The van der Waals surface area contributed by atoms with Crippen LogP contribution in [0.5, 0.6) is 0 Å². The minimum atomic E-state index is -2.56. The van der Waals surface area contributed by atoms with Crippen LogP contribution in [0.4, 0.5) is 8.78 Å². The van der Waals surface area contributed by atoms with Crippen molar-refractivity contribution in [3.8, 4) is 0 Å². The van der Waals surface area contributed by atoms with E-state index in [0.717, 1.165) is 12.0 Å². The molecule has 2 unspecified atom stereocenters. The number of hydrogen-bond acceptors (Lipinski definition) is 1. The van der Waals surface area contributed by atoms with Crippen molar-refractivity contribution in [2.24, 2.45) is 11.7 Å². The third kappa shape index (κ3) is 3.17. The standard InChI is InChI=1S/C13H16ClF2N/c14-11-5-1-3-9(7-11)12(17)10-4-2-6-13(15,16)8-10/h1,3,5,7,10,12H,2,4,6,8,17H2. The van der Waals surface area contributed by atoms with Crippen LogP contribution in [0, 0.1) is 5.92 Å². The van der Waals surface area contributed by atoms with Crippen LogP contribution in [-0.4, -0.2) is 5.92 Å². The third-order valence-electron chi connectivity index (χ3n) is 3.42. The molecule has 0 amide bonds. The summed E-state index contributed by atoms with van der Waals surface area (Å²) in [6, 6.07) is 6.83. The zero-order valence-electron chi connectivity index (χ0n) is 9.50. The number of rotatable bonds is 2. The number of alkyl halides is 2. The summed E-state index contributed by atoms with van der Waals surface area (Å²) < 4.78 is 26.7. The average molecular weight is 260 g/mol. The van der Waals surface area contributed by atoms with E-state index in [1.165, 1.54) is 0 Å². The second kappa shape index (κ2) is 4.91. The molecule has 1 nitrogen and oxygen atoms in total. The van der Waals surface area contributed by atoms with E-state index >= 15 is 0 Å². The van der Waals surface area contributed by atoms with Crippen molar-refractivity contribution in [1.29, 1.82) is 0 Å². The molecule has 0 radical (unpaired) electrons. The first-order chi connectivity index (χ1) is 7.98. The van der Waals surface area contributed by atoms with E-state index in [2.05, 4.69) is 0 Å². The first-order valence-electron chi connectivity index (χ1n) is 5.87. The van der Waals surface area contributed by atoms with Gasteiger partial charge >= 0.3 is 0 Å². The summed E-state index contributed by atoms with van der Waals surface area (Å²) in [5.74, 6) is -2.71. The van der Waals surface area contributed by atoms with Crippen molar-refractivity contribution in [3.05, 3.63) is 34.9 Å². The van der Waals surface area contributed by atoms with Gasteiger partial charge in [-0.2, -0.15) is 0 Å². The summed E-state index contributed by atoms with van der Waals surface area (Å²) >= 11 is 5.88. The van der Waals surface area contributed by atoms with Gasteiger partial charge in [-0.1, -0.05) is 23.7 Å². The maximum atomic E-state index is 13.3. The van der Waals surface area contributed by atoms with Crippen molar-refractivity contribution in [3.63, 3.8) is 0 Å². The second-order valence-electron chi connectivity index (χ2n) is 4.79. The van der Waals surface area contributed by atoms with E-state index < -0.39 is 5.92 Å². The van der Waals surface area contributed by atoms with Gasteiger partial charge in [0.15, 0.2) is 0 Å². The quantitative estimate of drug-likeness (QED) is 0.848. The van der Waals surface area contributed by atoms with E-state index in [9.17, 15) is 8.78 Å². The van der Waals surface area contributed by atoms with Crippen molar-refractivity contribution in [1.82, 2.24) is 0 Å². The molecule has 0 bridgehead atoms. The molecule has 1 aromatic carbocycles. The minimum Gasteiger partial charge on any atom is -0.324 e. The molecular formula is C13H16ClF2N. The molecule has 2 atom stereocenters. The molecule has 17 heavy (non-hydrogen) atoms. The van der Waals surface area contributed by atoms with Crippen molar-refractivity contribution < 1.29 is 8.78 Å². The van der Waals surface area contributed by atoms with Crippen LogP contribution in [0.25, 0.3) is 0 Å². The molecule has 1 saturated carbocycles. The molecule has 0 heterocycles. The predicted octanol–water partition coefficient (Wildman–Crippen LogP) is 4.17. The molecule has 1 fully saturated rings. The van der Waals surface area contributed by atoms with Crippen molar-refractivity contribution in [2.45, 2.75) is 37.6 Å². The molecule has 0 spiro atoms. The van der Waals surface area contributed by atoms with E-state index in [1.54, 1.807) is 18.2 Å². The fourth-order valence-corrected chi connectivity index (χ4v) is 2.70. The van der Waals surface area contributed by atoms with Crippen LogP contribution < -0.4 is 5.73 Å². The Hall–Kier alpha value is -0.670. The zero-order chi connectivity index (χ0) is 12.5. The zero-order valence-corrected chi connectivity index (χ0v) is 10.3. The first-order valence-corrected chi connectivity index (χ1v) is 6.25. The summed E-state index contributed by atoms with van der Waals surface area (Å²) in [6.07, 6.45) is 1.20. The Bertz CT molecular complexity index is 395. The number of benzene rings is 1. The summed E-state index contributed by atoms with van der Waals surface area (Å²) in [4.78, 5) is 0. The van der Waals surface area contributed by atoms with E-state index in [-0.39, 0.29) is 24.8 Å². The van der Waals surface area contributed by atoms with Crippen molar-refractivity contribution >= 4 is 11.6 Å². The van der Waals surface area contributed by atoms with E-state index in [4.69, 9.17) is 17.3 Å². The lowest BCUT2D eigenvalue weighted by molar-refractivity contribution is -0.0563. The van der Waals surface area contributed by atoms with Gasteiger partial charge in [0.25, 0.3) is 0 Å². The van der Waals surface area contributed by atoms with Gasteiger partial charge in [0.1, 0.15) is 0 Å². The molecule has 2 N–H and O–H groups in total. The largest absolute Gasteiger partial charge is 0.324 e. The maximum Gasteiger partial charge on any atom is 0.248 e. The lowest BCUT2D eigenvalue weighted by Crippen LogP contribution is -2.32. The Kier molecular flexibility index (Phi) is 3.69. The highest BCUT2D eigenvalue weighted by molar-refractivity contribution is 6.30. The van der Waals surface area contributed by atoms with Gasteiger partial charge in [-0.05, 0) is 36.5 Å². The Balaban J connectivity index is 2.12. The summed E-state index contributed by atoms with van der Waals surface area (Å²) in [5, 5.41) is 0.598. The normalized spacial score (nSPS) is 25.5. The molecule has 1 aliphatic carbocycles. The lowest BCUT2D eigenvalue weighted by atomic mass is 9.80. The molecule has 2 rings (SSSR count). The third-order valence-corrected chi connectivity index (χ3v) is 3.65. The molecule has 1 aromatic rings. The number of hydrogen-bond donors (Lipinski definition) is 1. The lowest BCUT2D eigenvalue weighted by Gasteiger charge is -2.32. The van der Waals surface area contributed by atoms with E-state index in [1.807, 2.05) is 6.07 Å². The molecule has 94 valence electrons. The molecule has 0 aromatic heterocycles. The molecule has 4 heteroatoms. The minimum absolute atomic E-state index is 0.00817. The van der Waals surface area contributed by atoms with Crippen LogP contribution in [-0.2, 0) is 0 Å². The van der Waals surface area contributed by atoms with Crippen LogP contribution in [0.1, 0.15) is 37.3 Å². The van der Waals surface area contributed by atoms with Crippen molar-refractivity contribution in [2.75, 3.05) is 0 Å². The summed E-state index contributed by atoms with van der Waals surface area (Å²) in [5.41, 5.74) is 6.92. The van der Waals surface area contributed by atoms with Gasteiger partial charge in [0, 0.05) is 23.9 Å². The van der Waals surface area contributed by atoms with Gasteiger partial charge in [0.05, 0.1) is 0 Å².